The summed E-state index contributed by atoms with van der Waals surface area (Å²) in [5.74, 6) is 0.0908. The zero-order valence-corrected chi connectivity index (χ0v) is 8.81. The second-order valence-corrected chi connectivity index (χ2v) is 3.45. The van der Waals surface area contributed by atoms with Crippen molar-refractivity contribution in [2.24, 2.45) is 11.7 Å². The van der Waals surface area contributed by atoms with Gasteiger partial charge >= 0.3 is 5.97 Å². The molecular formula is C9H18ClNO2. The molecule has 0 bridgehead atoms. The highest BCUT2D eigenvalue weighted by Gasteiger charge is 2.26. The minimum Gasteiger partial charge on any atom is -0.468 e. The van der Waals surface area contributed by atoms with Crippen LogP contribution in [0.1, 0.15) is 32.1 Å². The predicted molar refractivity (Wildman–Crippen MR) is 53.8 cm³/mol. The zero-order chi connectivity index (χ0) is 8.97. The van der Waals surface area contributed by atoms with Gasteiger partial charge in [0.2, 0.25) is 0 Å². The molecule has 0 saturated heterocycles. The molecule has 1 atom stereocenters. The van der Waals surface area contributed by atoms with Gasteiger partial charge in [0.15, 0.2) is 0 Å². The Balaban J connectivity index is 0.00000144. The van der Waals surface area contributed by atoms with Crippen molar-refractivity contribution in [2.75, 3.05) is 7.11 Å². The minimum absolute atomic E-state index is 0. The Labute approximate surface area is 85.4 Å². The molecule has 1 rings (SSSR count). The number of carbonyl (C=O) groups is 1. The van der Waals surface area contributed by atoms with Crippen LogP contribution in [-0.4, -0.2) is 19.1 Å². The van der Waals surface area contributed by atoms with Crippen LogP contribution in [0.5, 0.6) is 0 Å². The molecule has 0 heterocycles. The van der Waals surface area contributed by atoms with Gasteiger partial charge in [-0.3, -0.25) is 4.79 Å². The summed E-state index contributed by atoms with van der Waals surface area (Å²) in [5.41, 5.74) is 5.73. The summed E-state index contributed by atoms with van der Waals surface area (Å²) in [7, 11) is 1.39. The number of halogens is 1. The Hall–Kier alpha value is -0.280. The standard InChI is InChI=1S/C9H17NO2.ClH/c1-12-9(11)8(10)7-5-3-2-4-6-7;/h7-8H,2-6,10H2,1H3;1H/t8-;/m1./s1. The fraction of sp³-hybridized carbons (Fsp3) is 0.889. The Kier molecular flexibility index (Phi) is 6.08. The van der Waals surface area contributed by atoms with Gasteiger partial charge in [-0.2, -0.15) is 0 Å². The minimum atomic E-state index is -0.393. The van der Waals surface area contributed by atoms with Crippen LogP contribution >= 0.6 is 12.4 Å². The van der Waals surface area contributed by atoms with Crippen LogP contribution in [0.2, 0.25) is 0 Å². The van der Waals surface area contributed by atoms with Gasteiger partial charge in [0.1, 0.15) is 6.04 Å². The van der Waals surface area contributed by atoms with E-state index in [0.717, 1.165) is 12.8 Å². The number of esters is 1. The predicted octanol–water partition coefficient (Wildman–Crippen LogP) is 1.49. The second kappa shape index (κ2) is 6.22. The maximum atomic E-state index is 11.1. The van der Waals surface area contributed by atoms with Crippen LogP contribution in [-0.2, 0) is 9.53 Å². The Bertz CT molecular complexity index is 158. The number of nitrogens with two attached hydrogens (primary N) is 1. The molecule has 0 aromatic carbocycles. The summed E-state index contributed by atoms with van der Waals surface area (Å²) in [4.78, 5) is 11.1. The lowest BCUT2D eigenvalue weighted by Crippen LogP contribution is -2.39. The van der Waals surface area contributed by atoms with Crippen molar-refractivity contribution >= 4 is 18.4 Å². The molecule has 0 aromatic heterocycles. The van der Waals surface area contributed by atoms with Crippen LogP contribution in [0.25, 0.3) is 0 Å². The fourth-order valence-corrected chi connectivity index (χ4v) is 1.82. The topological polar surface area (TPSA) is 52.3 Å². The lowest BCUT2D eigenvalue weighted by Gasteiger charge is -2.25. The van der Waals surface area contributed by atoms with Gasteiger partial charge in [-0.05, 0) is 18.8 Å². The lowest BCUT2D eigenvalue weighted by atomic mass is 9.84. The molecule has 0 aliphatic heterocycles. The van der Waals surface area contributed by atoms with Gasteiger partial charge in [-0.15, -0.1) is 12.4 Å². The van der Waals surface area contributed by atoms with Crippen molar-refractivity contribution in [3.05, 3.63) is 0 Å². The maximum Gasteiger partial charge on any atom is 0.322 e. The highest BCUT2D eigenvalue weighted by Crippen LogP contribution is 2.25. The van der Waals surface area contributed by atoms with E-state index in [9.17, 15) is 4.79 Å². The van der Waals surface area contributed by atoms with Crippen LogP contribution < -0.4 is 5.73 Å². The van der Waals surface area contributed by atoms with Crippen molar-refractivity contribution in [3.63, 3.8) is 0 Å². The second-order valence-electron chi connectivity index (χ2n) is 3.45. The molecule has 2 N–H and O–H groups in total. The van der Waals surface area contributed by atoms with Crippen molar-refractivity contribution in [3.8, 4) is 0 Å². The highest BCUT2D eigenvalue weighted by molar-refractivity contribution is 5.85. The maximum absolute atomic E-state index is 11.1. The van der Waals surface area contributed by atoms with E-state index in [4.69, 9.17) is 5.73 Å². The molecule has 0 radical (unpaired) electrons. The summed E-state index contributed by atoms with van der Waals surface area (Å²) < 4.78 is 4.60. The molecule has 4 heteroatoms. The van der Waals surface area contributed by atoms with Crippen molar-refractivity contribution in [1.82, 2.24) is 0 Å². The summed E-state index contributed by atoms with van der Waals surface area (Å²) in [6, 6.07) is -0.393. The first kappa shape index (κ1) is 12.7. The van der Waals surface area contributed by atoms with Gasteiger partial charge in [0, 0.05) is 0 Å². The molecule has 1 aliphatic carbocycles. The zero-order valence-electron chi connectivity index (χ0n) is 7.99. The first-order valence-electron chi connectivity index (χ1n) is 4.59. The third kappa shape index (κ3) is 3.53. The third-order valence-corrected chi connectivity index (χ3v) is 2.63. The first-order chi connectivity index (χ1) is 5.75. The lowest BCUT2D eigenvalue weighted by molar-refractivity contribution is -0.143. The van der Waals surface area contributed by atoms with Crippen LogP contribution in [0.4, 0.5) is 0 Å². The monoisotopic (exact) mass is 207 g/mol. The van der Waals surface area contributed by atoms with Gasteiger partial charge in [-0.25, -0.2) is 0 Å². The average Bonchev–Trinajstić information content (AvgIpc) is 2.17. The summed E-state index contributed by atoms with van der Waals surface area (Å²) in [6.07, 6.45) is 5.85. The van der Waals surface area contributed by atoms with E-state index >= 15 is 0 Å². The number of hydrogen-bond acceptors (Lipinski definition) is 3. The third-order valence-electron chi connectivity index (χ3n) is 2.63. The van der Waals surface area contributed by atoms with Crippen molar-refractivity contribution < 1.29 is 9.53 Å². The SMILES string of the molecule is COC(=O)[C@H](N)C1CCCCC1.Cl. The fourth-order valence-electron chi connectivity index (χ4n) is 1.82. The molecule has 0 unspecified atom stereocenters. The molecule has 0 spiro atoms. The summed E-state index contributed by atoms with van der Waals surface area (Å²) in [5, 5.41) is 0. The van der Waals surface area contributed by atoms with Gasteiger partial charge in [0.05, 0.1) is 7.11 Å². The number of hydrogen-bond donors (Lipinski definition) is 1. The molecule has 0 aromatic rings. The van der Waals surface area contributed by atoms with E-state index in [-0.39, 0.29) is 18.4 Å². The molecule has 1 fully saturated rings. The average molecular weight is 208 g/mol. The summed E-state index contributed by atoms with van der Waals surface area (Å²) >= 11 is 0. The van der Waals surface area contributed by atoms with Crippen LogP contribution in [0.3, 0.4) is 0 Å². The number of methoxy groups -OCH3 is 1. The van der Waals surface area contributed by atoms with E-state index in [2.05, 4.69) is 4.74 Å². The van der Waals surface area contributed by atoms with Gasteiger partial charge in [-0.1, -0.05) is 19.3 Å². The molecule has 0 amide bonds. The Morgan fingerprint density at radius 2 is 1.92 bits per heavy atom. The Morgan fingerprint density at radius 1 is 1.38 bits per heavy atom. The van der Waals surface area contributed by atoms with E-state index < -0.39 is 6.04 Å². The first-order valence-corrected chi connectivity index (χ1v) is 4.59. The van der Waals surface area contributed by atoms with Gasteiger partial charge < -0.3 is 10.5 Å². The summed E-state index contributed by atoms with van der Waals surface area (Å²) in [6.45, 7) is 0. The molecule has 3 nitrogen and oxygen atoms in total. The number of carbonyl (C=O) groups excluding carboxylic acids is 1. The highest BCUT2D eigenvalue weighted by atomic mass is 35.5. The van der Waals surface area contributed by atoms with E-state index in [1.165, 1.54) is 26.4 Å². The van der Waals surface area contributed by atoms with E-state index in [1.54, 1.807) is 0 Å². The van der Waals surface area contributed by atoms with Crippen molar-refractivity contribution in [1.29, 1.82) is 0 Å². The van der Waals surface area contributed by atoms with Crippen LogP contribution in [0.15, 0.2) is 0 Å². The smallest absolute Gasteiger partial charge is 0.322 e. The molecule has 1 saturated carbocycles. The normalized spacial score (nSPS) is 20.2. The number of ether oxygens (including phenoxy) is 1. The van der Waals surface area contributed by atoms with E-state index in [0.29, 0.717) is 5.92 Å². The largest absolute Gasteiger partial charge is 0.468 e. The molecular weight excluding hydrogens is 190 g/mol. The van der Waals surface area contributed by atoms with Crippen molar-refractivity contribution in [2.45, 2.75) is 38.1 Å². The number of rotatable bonds is 2. The van der Waals surface area contributed by atoms with Gasteiger partial charge in [0.25, 0.3) is 0 Å². The quantitative estimate of drug-likeness (QED) is 0.699. The molecule has 78 valence electrons. The molecule has 13 heavy (non-hydrogen) atoms. The van der Waals surface area contributed by atoms with E-state index in [1.807, 2.05) is 0 Å². The van der Waals surface area contributed by atoms with Crippen LogP contribution in [0, 0.1) is 5.92 Å². The Morgan fingerprint density at radius 3 is 2.38 bits per heavy atom. The molecule has 1 aliphatic rings.